The molecule has 0 saturated carbocycles. The van der Waals surface area contributed by atoms with Crippen LogP contribution in [-0.2, 0) is 19.6 Å². The summed E-state index contributed by atoms with van der Waals surface area (Å²) in [5.41, 5.74) is -0.677. The lowest BCUT2D eigenvalue weighted by Gasteiger charge is -2.30. The van der Waals surface area contributed by atoms with Crippen molar-refractivity contribution in [3.63, 3.8) is 0 Å². The van der Waals surface area contributed by atoms with Crippen molar-refractivity contribution < 1.29 is 23.1 Å². The molecular formula is C11H21NO5S. The number of carboxylic acid groups (broad SMARTS) is 1. The van der Waals surface area contributed by atoms with Crippen LogP contribution < -0.4 is 4.72 Å². The summed E-state index contributed by atoms with van der Waals surface area (Å²) in [4.78, 5) is 11.2. The second-order valence-electron chi connectivity index (χ2n) is 5.61. The monoisotopic (exact) mass is 279 g/mol. The molecule has 7 heteroatoms. The van der Waals surface area contributed by atoms with E-state index < -0.39 is 32.7 Å². The quantitative estimate of drug-likeness (QED) is 0.785. The Morgan fingerprint density at radius 1 is 1.33 bits per heavy atom. The number of rotatable bonds is 4. The molecule has 106 valence electrons. The number of aliphatic carboxylic acids is 1. The third kappa shape index (κ3) is 3.93. The van der Waals surface area contributed by atoms with Crippen molar-refractivity contribution in [1.29, 1.82) is 0 Å². The lowest BCUT2D eigenvalue weighted by molar-refractivity contribution is -0.141. The van der Waals surface area contributed by atoms with Gasteiger partial charge in [0.15, 0.2) is 0 Å². The summed E-state index contributed by atoms with van der Waals surface area (Å²) in [5.74, 6) is -1.15. The van der Waals surface area contributed by atoms with Gasteiger partial charge in [0.25, 0.3) is 0 Å². The molecule has 1 saturated heterocycles. The fourth-order valence-corrected chi connectivity index (χ4v) is 3.63. The van der Waals surface area contributed by atoms with Gasteiger partial charge in [0.1, 0.15) is 6.04 Å². The van der Waals surface area contributed by atoms with Crippen LogP contribution >= 0.6 is 0 Å². The summed E-state index contributed by atoms with van der Waals surface area (Å²) in [6, 6.07) is -1.12. The van der Waals surface area contributed by atoms with E-state index in [0.29, 0.717) is 26.1 Å². The summed E-state index contributed by atoms with van der Waals surface area (Å²) >= 11 is 0. The fraction of sp³-hybridized carbons (Fsp3) is 0.909. The van der Waals surface area contributed by atoms with Gasteiger partial charge < -0.3 is 9.84 Å². The highest BCUT2D eigenvalue weighted by Gasteiger charge is 2.38. The van der Waals surface area contributed by atoms with Crippen LogP contribution in [0.5, 0.6) is 0 Å². The molecule has 0 aromatic carbocycles. The SMILES string of the molecule is CC(C)(C)C(NS(=O)(=O)C1CCOCC1)C(=O)O. The van der Waals surface area contributed by atoms with Crippen LogP contribution in [0, 0.1) is 5.41 Å². The number of sulfonamides is 1. The average molecular weight is 279 g/mol. The Morgan fingerprint density at radius 2 is 1.83 bits per heavy atom. The maximum atomic E-state index is 12.1. The van der Waals surface area contributed by atoms with Gasteiger partial charge in [-0.15, -0.1) is 0 Å². The third-order valence-electron chi connectivity index (χ3n) is 3.00. The summed E-state index contributed by atoms with van der Waals surface area (Å²) in [7, 11) is -3.62. The molecule has 1 aliphatic rings. The van der Waals surface area contributed by atoms with E-state index >= 15 is 0 Å². The van der Waals surface area contributed by atoms with Crippen molar-refractivity contribution in [2.24, 2.45) is 5.41 Å². The molecule has 2 N–H and O–H groups in total. The van der Waals surface area contributed by atoms with Crippen molar-refractivity contribution in [1.82, 2.24) is 4.72 Å². The van der Waals surface area contributed by atoms with Crippen LogP contribution in [0.25, 0.3) is 0 Å². The van der Waals surface area contributed by atoms with Crippen molar-refractivity contribution in [2.45, 2.75) is 44.9 Å². The molecule has 0 aromatic rings. The first-order chi connectivity index (χ1) is 8.14. The molecule has 1 aliphatic heterocycles. The van der Waals surface area contributed by atoms with Crippen LogP contribution in [-0.4, -0.2) is 44.0 Å². The lowest BCUT2D eigenvalue weighted by Crippen LogP contribution is -2.52. The predicted molar refractivity (Wildman–Crippen MR) is 66.8 cm³/mol. The minimum atomic E-state index is -3.62. The summed E-state index contributed by atoms with van der Waals surface area (Å²) < 4.78 is 31.7. The van der Waals surface area contributed by atoms with E-state index in [0.717, 1.165) is 0 Å². The van der Waals surface area contributed by atoms with Gasteiger partial charge in [-0.05, 0) is 18.3 Å². The lowest BCUT2D eigenvalue weighted by atomic mass is 9.88. The van der Waals surface area contributed by atoms with Crippen LogP contribution in [0.3, 0.4) is 0 Å². The van der Waals surface area contributed by atoms with Crippen molar-refractivity contribution >= 4 is 16.0 Å². The van der Waals surface area contributed by atoms with Crippen molar-refractivity contribution in [3.8, 4) is 0 Å². The van der Waals surface area contributed by atoms with Gasteiger partial charge in [0.2, 0.25) is 10.0 Å². The minimum Gasteiger partial charge on any atom is -0.480 e. The van der Waals surface area contributed by atoms with E-state index in [2.05, 4.69) is 4.72 Å². The molecule has 1 unspecified atom stereocenters. The van der Waals surface area contributed by atoms with Gasteiger partial charge in [0, 0.05) is 13.2 Å². The van der Waals surface area contributed by atoms with Crippen LogP contribution in [0.1, 0.15) is 33.6 Å². The number of ether oxygens (including phenoxy) is 1. The Bertz CT molecular complexity index is 392. The Kier molecular flexibility index (Phi) is 4.74. The van der Waals surface area contributed by atoms with E-state index in [9.17, 15) is 13.2 Å². The summed E-state index contributed by atoms with van der Waals surface area (Å²) in [6.07, 6.45) is 0.817. The van der Waals surface area contributed by atoms with Gasteiger partial charge in [-0.3, -0.25) is 4.79 Å². The maximum Gasteiger partial charge on any atom is 0.322 e. The highest BCUT2D eigenvalue weighted by Crippen LogP contribution is 2.22. The molecule has 0 bridgehead atoms. The largest absolute Gasteiger partial charge is 0.480 e. The van der Waals surface area contributed by atoms with E-state index in [-0.39, 0.29) is 0 Å². The standard InChI is InChI=1S/C11H21NO5S/c1-11(2,3)9(10(13)14)12-18(15,16)8-4-6-17-7-5-8/h8-9,12H,4-7H2,1-3H3,(H,13,14). The van der Waals surface area contributed by atoms with E-state index in [4.69, 9.17) is 9.84 Å². The molecular weight excluding hydrogens is 258 g/mol. The third-order valence-corrected chi connectivity index (χ3v) is 4.92. The number of carboxylic acids is 1. The molecule has 1 heterocycles. The molecule has 1 rings (SSSR count). The van der Waals surface area contributed by atoms with Crippen molar-refractivity contribution in [2.75, 3.05) is 13.2 Å². The van der Waals surface area contributed by atoms with Gasteiger partial charge in [-0.2, -0.15) is 0 Å². The Balaban J connectivity index is 2.82. The molecule has 6 nitrogen and oxygen atoms in total. The van der Waals surface area contributed by atoms with E-state index in [1.807, 2.05) is 0 Å². The van der Waals surface area contributed by atoms with Crippen molar-refractivity contribution in [3.05, 3.63) is 0 Å². The first kappa shape index (κ1) is 15.4. The Hall–Kier alpha value is -0.660. The smallest absolute Gasteiger partial charge is 0.322 e. The molecule has 0 radical (unpaired) electrons. The molecule has 0 aromatic heterocycles. The van der Waals surface area contributed by atoms with E-state index in [1.165, 1.54) is 0 Å². The summed E-state index contributed by atoms with van der Waals surface area (Å²) in [6.45, 7) is 5.88. The van der Waals surface area contributed by atoms with Gasteiger partial charge >= 0.3 is 5.97 Å². The van der Waals surface area contributed by atoms with Crippen LogP contribution in [0.15, 0.2) is 0 Å². The highest BCUT2D eigenvalue weighted by atomic mass is 32.2. The molecule has 0 amide bonds. The second-order valence-corrected chi connectivity index (χ2v) is 7.60. The average Bonchev–Trinajstić information content (AvgIpc) is 2.25. The van der Waals surface area contributed by atoms with E-state index in [1.54, 1.807) is 20.8 Å². The number of hydrogen-bond acceptors (Lipinski definition) is 4. The van der Waals surface area contributed by atoms with Gasteiger partial charge in [-0.1, -0.05) is 20.8 Å². The molecule has 1 fully saturated rings. The first-order valence-electron chi connectivity index (χ1n) is 5.96. The zero-order chi connectivity index (χ0) is 14.0. The predicted octanol–water partition coefficient (Wildman–Crippen LogP) is 0.584. The molecule has 0 aliphatic carbocycles. The van der Waals surface area contributed by atoms with Gasteiger partial charge in [-0.25, -0.2) is 13.1 Å². The Morgan fingerprint density at radius 3 is 2.22 bits per heavy atom. The maximum absolute atomic E-state index is 12.1. The number of hydrogen-bond donors (Lipinski definition) is 2. The highest BCUT2D eigenvalue weighted by molar-refractivity contribution is 7.90. The normalized spacial score (nSPS) is 20.6. The number of carbonyl (C=O) groups is 1. The first-order valence-corrected chi connectivity index (χ1v) is 7.51. The number of nitrogens with one attached hydrogen (secondary N) is 1. The molecule has 18 heavy (non-hydrogen) atoms. The Labute approximate surface area is 108 Å². The molecule has 0 spiro atoms. The minimum absolute atomic E-state index is 0.402. The van der Waals surface area contributed by atoms with Gasteiger partial charge in [0.05, 0.1) is 5.25 Å². The van der Waals surface area contributed by atoms with Crippen LogP contribution in [0.2, 0.25) is 0 Å². The molecule has 1 atom stereocenters. The second kappa shape index (κ2) is 5.54. The topological polar surface area (TPSA) is 92.7 Å². The zero-order valence-electron chi connectivity index (χ0n) is 11.0. The fourth-order valence-electron chi connectivity index (χ4n) is 1.84. The summed E-state index contributed by atoms with van der Waals surface area (Å²) in [5, 5.41) is 8.56. The van der Waals surface area contributed by atoms with Crippen LogP contribution in [0.4, 0.5) is 0 Å². The zero-order valence-corrected chi connectivity index (χ0v) is 11.8.